The highest BCUT2D eigenvalue weighted by molar-refractivity contribution is 7.16. The maximum absolute atomic E-state index is 5.38. The fourth-order valence-corrected chi connectivity index (χ4v) is 3.08. The molecule has 4 rings (SSSR count). The van der Waals surface area contributed by atoms with Crippen LogP contribution >= 0.6 is 11.3 Å². The molecule has 0 unspecified atom stereocenters. The highest BCUT2D eigenvalue weighted by Crippen LogP contribution is 2.20. The first kappa shape index (κ1) is 12.1. The summed E-state index contributed by atoms with van der Waals surface area (Å²) in [5.74, 6) is 2.58. The minimum absolute atomic E-state index is 0.729. The molecule has 0 saturated heterocycles. The molecule has 0 saturated carbocycles. The van der Waals surface area contributed by atoms with E-state index >= 15 is 0 Å². The van der Waals surface area contributed by atoms with Crippen LogP contribution in [0.1, 0.15) is 11.1 Å². The number of terminal acetylenes is 1. The molecule has 0 bridgehead atoms. The monoisotopic (exact) mass is 290 g/mol. The van der Waals surface area contributed by atoms with Gasteiger partial charge < -0.3 is 4.57 Å². The van der Waals surface area contributed by atoms with Crippen LogP contribution in [0.15, 0.2) is 42.3 Å². The normalized spacial score (nSPS) is 11.0. The molecule has 0 radical (unpaired) electrons. The molecule has 0 fully saturated rings. The summed E-state index contributed by atoms with van der Waals surface area (Å²) in [7, 11) is 0. The van der Waals surface area contributed by atoms with Gasteiger partial charge in [-0.25, -0.2) is 15.0 Å². The fourth-order valence-electron chi connectivity index (χ4n) is 2.34. The topological polar surface area (TPSA) is 43.6 Å². The highest BCUT2D eigenvalue weighted by atomic mass is 32.1. The zero-order chi connectivity index (χ0) is 14.2. The third-order valence-corrected chi connectivity index (χ3v) is 4.16. The summed E-state index contributed by atoms with van der Waals surface area (Å²) < 4.78 is 3.22. The van der Waals surface area contributed by atoms with E-state index in [1.807, 2.05) is 22.2 Å². The van der Waals surface area contributed by atoms with Gasteiger partial charge >= 0.3 is 0 Å². The Morgan fingerprint density at radius 2 is 2.10 bits per heavy atom. The Bertz CT molecular complexity index is 990. The predicted octanol–water partition coefficient (Wildman–Crippen LogP) is 3.07. The Kier molecular flexibility index (Phi) is 2.69. The summed E-state index contributed by atoms with van der Waals surface area (Å²) in [6.45, 7) is 0.729. The van der Waals surface area contributed by atoms with Gasteiger partial charge in [-0.05, 0) is 23.8 Å². The SMILES string of the molecule is C#Cc1cnc2c(c1)ncn2Cc1ccc2ncsc2c1. The quantitative estimate of drug-likeness (QED) is 0.533. The van der Waals surface area contributed by atoms with Crippen molar-refractivity contribution in [2.24, 2.45) is 0 Å². The Labute approximate surface area is 125 Å². The first-order chi connectivity index (χ1) is 10.3. The smallest absolute Gasteiger partial charge is 0.160 e. The van der Waals surface area contributed by atoms with Gasteiger partial charge in [-0.1, -0.05) is 12.0 Å². The number of thiazole rings is 1. The molecule has 0 spiro atoms. The zero-order valence-corrected chi connectivity index (χ0v) is 11.8. The molecule has 0 atom stereocenters. The summed E-state index contributed by atoms with van der Waals surface area (Å²) >= 11 is 1.65. The summed E-state index contributed by atoms with van der Waals surface area (Å²) in [5.41, 5.74) is 6.52. The number of aromatic nitrogens is 4. The lowest BCUT2D eigenvalue weighted by molar-refractivity contribution is 0.815. The van der Waals surface area contributed by atoms with E-state index in [-0.39, 0.29) is 0 Å². The molecule has 3 aromatic heterocycles. The van der Waals surface area contributed by atoms with E-state index < -0.39 is 0 Å². The molecule has 0 aliphatic rings. The van der Waals surface area contributed by atoms with Gasteiger partial charge in [0.1, 0.15) is 5.52 Å². The minimum atomic E-state index is 0.729. The van der Waals surface area contributed by atoms with Crippen molar-refractivity contribution in [1.82, 2.24) is 19.5 Å². The lowest BCUT2D eigenvalue weighted by atomic mass is 10.2. The number of nitrogens with zero attached hydrogens (tertiary/aromatic N) is 4. The van der Waals surface area contributed by atoms with Crippen LogP contribution < -0.4 is 0 Å². The van der Waals surface area contributed by atoms with Gasteiger partial charge in [-0.3, -0.25) is 0 Å². The molecule has 4 aromatic rings. The maximum atomic E-state index is 5.38. The molecular formula is C16H10N4S. The lowest BCUT2D eigenvalue weighted by Crippen LogP contribution is -1.99. The van der Waals surface area contributed by atoms with E-state index in [1.165, 1.54) is 10.3 Å². The van der Waals surface area contributed by atoms with Crippen molar-refractivity contribution in [2.45, 2.75) is 6.54 Å². The van der Waals surface area contributed by atoms with Crippen LogP contribution in [0.25, 0.3) is 21.4 Å². The molecule has 0 aliphatic heterocycles. The van der Waals surface area contributed by atoms with E-state index in [2.05, 4.69) is 33.0 Å². The van der Waals surface area contributed by atoms with Crippen molar-refractivity contribution in [3.63, 3.8) is 0 Å². The van der Waals surface area contributed by atoms with Gasteiger partial charge in [0.15, 0.2) is 5.65 Å². The second-order valence-corrected chi connectivity index (χ2v) is 5.62. The predicted molar refractivity (Wildman–Crippen MR) is 84.2 cm³/mol. The van der Waals surface area contributed by atoms with Gasteiger partial charge in [-0.15, -0.1) is 17.8 Å². The number of rotatable bonds is 2. The minimum Gasteiger partial charge on any atom is -0.311 e. The Balaban J connectivity index is 1.75. The van der Waals surface area contributed by atoms with Gasteiger partial charge in [0.05, 0.1) is 28.6 Å². The number of imidazole rings is 1. The molecule has 0 amide bonds. The van der Waals surface area contributed by atoms with Gasteiger partial charge in [0.2, 0.25) is 0 Å². The third-order valence-electron chi connectivity index (χ3n) is 3.37. The van der Waals surface area contributed by atoms with Crippen molar-refractivity contribution in [1.29, 1.82) is 0 Å². The summed E-state index contributed by atoms with van der Waals surface area (Å²) in [5, 5.41) is 0. The molecule has 100 valence electrons. The van der Waals surface area contributed by atoms with Gasteiger partial charge in [-0.2, -0.15) is 0 Å². The van der Waals surface area contributed by atoms with E-state index in [0.717, 1.165) is 28.8 Å². The Hall–Kier alpha value is -2.71. The number of fused-ring (bicyclic) bond motifs is 2. The molecule has 0 aliphatic carbocycles. The van der Waals surface area contributed by atoms with Crippen LogP contribution in [-0.2, 0) is 6.54 Å². The Morgan fingerprint density at radius 1 is 1.14 bits per heavy atom. The maximum Gasteiger partial charge on any atom is 0.160 e. The largest absolute Gasteiger partial charge is 0.311 e. The number of benzene rings is 1. The average Bonchev–Trinajstić information content (AvgIpc) is 3.13. The summed E-state index contributed by atoms with van der Waals surface area (Å²) in [6.07, 6.45) is 8.89. The van der Waals surface area contributed by atoms with E-state index in [1.54, 1.807) is 23.9 Å². The molecule has 1 aromatic carbocycles. The van der Waals surface area contributed by atoms with E-state index in [9.17, 15) is 0 Å². The van der Waals surface area contributed by atoms with Crippen LogP contribution in [0.3, 0.4) is 0 Å². The van der Waals surface area contributed by atoms with E-state index in [4.69, 9.17) is 6.42 Å². The lowest BCUT2D eigenvalue weighted by Gasteiger charge is -2.04. The molecule has 5 heteroatoms. The molecule has 3 heterocycles. The molecule has 4 nitrogen and oxygen atoms in total. The number of hydrogen-bond acceptors (Lipinski definition) is 4. The summed E-state index contributed by atoms with van der Waals surface area (Å²) in [6, 6.07) is 8.17. The van der Waals surface area contributed by atoms with Crippen LogP contribution in [-0.4, -0.2) is 19.5 Å². The van der Waals surface area contributed by atoms with Gasteiger partial charge in [0, 0.05) is 11.8 Å². The van der Waals surface area contributed by atoms with Crippen LogP contribution in [0.5, 0.6) is 0 Å². The summed E-state index contributed by atoms with van der Waals surface area (Å²) in [4.78, 5) is 13.1. The number of pyridine rings is 1. The average molecular weight is 290 g/mol. The van der Waals surface area contributed by atoms with E-state index in [0.29, 0.717) is 0 Å². The highest BCUT2D eigenvalue weighted by Gasteiger charge is 2.06. The first-order valence-corrected chi connectivity index (χ1v) is 7.31. The molecular weight excluding hydrogens is 280 g/mol. The zero-order valence-electron chi connectivity index (χ0n) is 11.0. The van der Waals surface area contributed by atoms with Crippen molar-refractivity contribution < 1.29 is 0 Å². The molecule has 21 heavy (non-hydrogen) atoms. The standard InChI is InChI=1S/C16H10N4S/c1-2-11-5-14-16(17-7-11)20(9-18-14)8-12-3-4-13-15(6-12)21-10-19-13/h1,3-7,9-10H,8H2. The van der Waals surface area contributed by atoms with Crippen LogP contribution in [0.4, 0.5) is 0 Å². The number of hydrogen-bond donors (Lipinski definition) is 0. The van der Waals surface area contributed by atoms with Crippen molar-refractivity contribution in [2.75, 3.05) is 0 Å². The Morgan fingerprint density at radius 3 is 3.00 bits per heavy atom. The first-order valence-electron chi connectivity index (χ1n) is 6.43. The fraction of sp³-hybridized carbons (Fsp3) is 0.0625. The van der Waals surface area contributed by atoms with Crippen molar-refractivity contribution >= 4 is 32.7 Å². The van der Waals surface area contributed by atoms with Crippen LogP contribution in [0, 0.1) is 12.3 Å². The van der Waals surface area contributed by atoms with Gasteiger partial charge in [0.25, 0.3) is 0 Å². The van der Waals surface area contributed by atoms with Crippen molar-refractivity contribution in [3.8, 4) is 12.3 Å². The third kappa shape index (κ3) is 2.06. The second kappa shape index (κ2) is 4.69. The molecule has 0 N–H and O–H groups in total. The second-order valence-electron chi connectivity index (χ2n) is 4.74. The van der Waals surface area contributed by atoms with Crippen LogP contribution in [0.2, 0.25) is 0 Å². The van der Waals surface area contributed by atoms with Crippen molar-refractivity contribution in [3.05, 3.63) is 53.4 Å².